The molecule has 0 bridgehead atoms. The van der Waals surface area contributed by atoms with E-state index in [0.717, 1.165) is 5.75 Å². The molecule has 4 heteroatoms. The minimum Gasteiger partial charge on any atom is -0.494 e. The second-order valence-corrected chi connectivity index (χ2v) is 4.58. The highest BCUT2D eigenvalue weighted by Gasteiger charge is 2.08. The number of ether oxygens (including phenoxy) is 2. The second kappa shape index (κ2) is 6.88. The summed E-state index contributed by atoms with van der Waals surface area (Å²) in [6.45, 7) is 4.02. The van der Waals surface area contributed by atoms with Gasteiger partial charge in [-0.15, -0.1) is 0 Å². The zero-order valence-electron chi connectivity index (χ0n) is 12.1. The highest BCUT2D eigenvalue weighted by atomic mass is 19.1. The maximum atomic E-state index is 13.4. The molecule has 2 aromatic rings. The van der Waals surface area contributed by atoms with Crippen LogP contribution in [0.1, 0.15) is 22.8 Å². The predicted octanol–water partition coefficient (Wildman–Crippen LogP) is 3.79. The molecule has 0 aromatic heterocycles. The van der Waals surface area contributed by atoms with Crippen molar-refractivity contribution in [1.82, 2.24) is 0 Å². The molecular weight excluding hydrogens is 271 g/mol. The number of ketones is 1. The van der Waals surface area contributed by atoms with Crippen molar-refractivity contribution in [2.45, 2.75) is 13.8 Å². The minimum absolute atomic E-state index is 0.128. The SMILES string of the molecule is CCOc1ccc(C(=O)COc2ccc(C)c(F)c2)cc1. The molecule has 0 aliphatic carbocycles. The molecule has 0 saturated heterocycles. The van der Waals surface area contributed by atoms with Gasteiger partial charge < -0.3 is 9.47 Å². The Kier molecular flexibility index (Phi) is 4.93. The molecule has 2 aromatic carbocycles. The summed E-state index contributed by atoms with van der Waals surface area (Å²) in [5.41, 5.74) is 1.08. The number of benzene rings is 2. The molecule has 0 fully saturated rings. The monoisotopic (exact) mass is 288 g/mol. The van der Waals surface area contributed by atoms with E-state index in [1.165, 1.54) is 6.07 Å². The van der Waals surface area contributed by atoms with E-state index in [2.05, 4.69) is 0 Å². The van der Waals surface area contributed by atoms with Gasteiger partial charge in [0.1, 0.15) is 17.3 Å². The minimum atomic E-state index is -0.346. The van der Waals surface area contributed by atoms with E-state index in [9.17, 15) is 9.18 Å². The molecule has 0 heterocycles. The summed E-state index contributed by atoms with van der Waals surface area (Å²) in [4.78, 5) is 12.0. The molecular formula is C17H17FO3. The van der Waals surface area contributed by atoms with E-state index in [0.29, 0.717) is 23.5 Å². The van der Waals surface area contributed by atoms with Crippen LogP contribution < -0.4 is 9.47 Å². The van der Waals surface area contributed by atoms with Crippen LogP contribution in [0.2, 0.25) is 0 Å². The molecule has 0 atom stereocenters. The van der Waals surface area contributed by atoms with Gasteiger partial charge >= 0.3 is 0 Å². The molecule has 0 N–H and O–H groups in total. The molecule has 0 amide bonds. The Labute approximate surface area is 123 Å². The van der Waals surface area contributed by atoms with Gasteiger partial charge in [-0.2, -0.15) is 0 Å². The first-order chi connectivity index (χ1) is 10.1. The zero-order chi connectivity index (χ0) is 15.2. The summed E-state index contributed by atoms with van der Waals surface area (Å²) in [7, 11) is 0. The third kappa shape index (κ3) is 4.05. The maximum absolute atomic E-state index is 13.4. The second-order valence-electron chi connectivity index (χ2n) is 4.58. The van der Waals surface area contributed by atoms with Crippen molar-refractivity contribution in [2.24, 2.45) is 0 Å². The molecule has 0 saturated carbocycles. The first-order valence-electron chi connectivity index (χ1n) is 6.75. The topological polar surface area (TPSA) is 35.5 Å². The van der Waals surface area contributed by atoms with E-state index in [4.69, 9.17) is 9.47 Å². The maximum Gasteiger partial charge on any atom is 0.200 e. The number of rotatable bonds is 6. The molecule has 2 rings (SSSR count). The Morgan fingerprint density at radius 1 is 1.05 bits per heavy atom. The fourth-order valence-electron chi connectivity index (χ4n) is 1.80. The van der Waals surface area contributed by atoms with Crippen molar-refractivity contribution in [3.8, 4) is 11.5 Å². The quantitative estimate of drug-likeness (QED) is 0.759. The van der Waals surface area contributed by atoms with Gasteiger partial charge in [-0.1, -0.05) is 6.07 Å². The highest BCUT2D eigenvalue weighted by molar-refractivity contribution is 5.97. The lowest BCUT2D eigenvalue weighted by Gasteiger charge is -2.07. The van der Waals surface area contributed by atoms with Gasteiger partial charge in [0, 0.05) is 11.6 Å². The number of hydrogen-bond donors (Lipinski definition) is 0. The molecule has 0 spiro atoms. The normalized spacial score (nSPS) is 10.2. The molecule has 0 aliphatic rings. The van der Waals surface area contributed by atoms with Gasteiger partial charge in [0.05, 0.1) is 6.61 Å². The summed E-state index contributed by atoms with van der Waals surface area (Å²) >= 11 is 0. The fourth-order valence-corrected chi connectivity index (χ4v) is 1.80. The zero-order valence-corrected chi connectivity index (χ0v) is 12.1. The van der Waals surface area contributed by atoms with Crippen LogP contribution in [0.3, 0.4) is 0 Å². The van der Waals surface area contributed by atoms with Crippen molar-refractivity contribution < 1.29 is 18.7 Å². The van der Waals surface area contributed by atoms with Crippen LogP contribution in [0.4, 0.5) is 4.39 Å². The Morgan fingerprint density at radius 2 is 1.71 bits per heavy atom. The smallest absolute Gasteiger partial charge is 0.200 e. The Morgan fingerprint density at radius 3 is 2.33 bits per heavy atom. The largest absolute Gasteiger partial charge is 0.494 e. The van der Waals surface area contributed by atoms with Gasteiger partial charge in [-0.05, 0) is 49.7 Å². The number of Topliss-reactive ketones (excluding diaryl/α,β-unsaturated/α-hetero) is 1. The number of carbonyl (C=O) groups excluding carboxylic acids is 1. The number of hydrogen-bond acceptors (Lipinski definition) is 3. The van der Waals surface area contributed by atoms with Gasteiger partial charge in [0.15, 0.2) is 12.4 Å². The van der Waals surface area contributed by atoms with E-state index in [1.807, 2.05) is 6.92 Å². The van der Waals surface area contributed by atoms with E-state index in [1.54, 1.807) is 43.3 Å². The van der Waals surface area contributed by atoms with Gasteiger partial charge in [0.25, 0.3) is 0 Å². The van der Waals surface area contributed by atoms with Crippen LogP contribution in [-0.2, 0) is 0 Å². The van der Waals surface area contributed by atoms with Crippen LogP contribution in [0.5, 0.6) is 11.5 Å². The molecule has 21 heavy (non-hydrogen) atoms. The lowest BCUT2D eigenvalue weighted by Crippen LogP contribution is -2.11. The van der Waals surface area contributed by atoms with Crippen molar-refractivity contribution in [2.75, 3.05) is 13.2 Å². The first-order valence-corrected chi connectivity index (χ1v) is 6.75. The summed E-state index contributed by atoms with van der Waals surface area (Å²) in [5, 5.41) is 0. The summed E-state index contributed by atoms with van der Waals surface area (Å²) in [5.74, 6) is 0.549. The van der Waals surface area contributed by atoms with Crippen LogP contribution in [0, 0.1) is 12.7 Å². The third-order valence-electron chi connectivity index (χ3n) is 3.00. The molecule has 0 radical (unpaired) electrons. The summed E-state index contributed by atoms with van der Waals surface area (Å²) < 4.78 is 24.0. The first kappa shape index (κ1) is 15.0. The Balaban J connectivity index is 1.96. The average Bonchev–Trinajstić information content (AvgIpc) is 2.49. The lowest BCUT2D eigenvalue weighted by molar-refractivity contribution is 0.0921. The van der Waals surface area contributed by atoms with Crippen molar-refractivity contribution in [3.63, 3.8) is 0 Å². The average molecular weight is 288 g/mol. The predicted molar refractivity (Wildman–Crippen MR) is 78.6 cm³/mol. The van der Waals surface area contributed by atoms with Gasteiger partial charge in [-0.3, -0.25) is 4.79 Å². The number of halogens is 1. The number of aryl methyl sites for hydroxylation is 1. The molecule has 0 unspecified atom stereocenters. The molecule has 110 valence electrons. The van der Waals surface area contributed by atoms with Gasteiger partial charge in [-0.25, -0.2) is 4.39 Å². The van der Waals surface area contributed by atoms with E-state index >= 15 is 0 Å². The van der Waals surface area contributed by atoms with Crippen LogP contribution in [-0.4, -0.2) is 19.0 Å². The van der Waals surface area contributed by atoms with Crippen molar-refractivity contribution >= 4 is 5.78 Å². The lowest BCUT2D eigenvalue weighted by atomic mass is 10.1. The standard InChI is InChI=1S/C17H17FO3/c1-3-20-14-8-5-13(6-9-14)17(19)11-21-15-7-4-12(2)16(18)10-15/h4-10H,3,11H2,1-2H3. The third-order valence-corrected chi connectivity index (χ3v) is 3.00. The number of carbonyl (C=O) groups is 1. The summed E-state index contributed by atoms with van der Waals surface area (Å²) in [6, 6.07) is 11.4. The summed E-state index contributed by atoms with van der Waals surface area (Å²) in [6.07, 6.45) is 0. The molecule has 0 aliphatic heterocycles. The fraction of sp³-hybridized carbons (Fsp3) is 0.235. The van der Waals surface area contributed by atoms with Crippen LogP contribution in [0.15, 0.2) is 42.5 Å². The van der Waals surface area contributed by atoms with Crippen molar-refractivity contribution in [1.29, 1.82) is 0 Å². The van der Waals surface area contributed by atoms with E-state index < -0.39 is 0 Å². The molecule has 3 nitrogen and oxygen atoms in total. The van der Waals surface area contributed by atoms with E-state index in [-0.39, 0.29) is 18.2 Å². The highest BCUT2D eigenvalue weighted by Crippen LogP contribution is 2.17. The Bertz CT molecular complexity index is 620. The van der Waals surface area contributed by atoms with Crippen molar-refractivity contribution in [3.05, 3.63) is 59.4 Å². The Hall–Kier alpha value is -2.36. The van der Waals surface area contributed by atoms with Gasteiger partial charge in [0.2, 0.25) is 0 Å². The van der Waals surface area contributed by atoms with Crippen LogP contribution in [0.25, 0.3) is 0 Å². The van der Waals surface area contributed by atoms with Crippen LogP contribution >= 0.6 is 0 Å².